The molecule has 84 valence electrons. The number of hydrogen-bond acceptors (Lipinski definition) is 2. The highest BCUT2D eigenvalue weighted by atomic mass is 19.3. The van der Waals surface area contributed by atoms with E-state index in [1.807, 2.05) is 0 Å². The number of aromatic nitrogens is 2. The summed E-state index contributed by atoms with van der Waals surface area (Å²) in [5.41, 5.74) is 0.739. The summed E-state index contributed by atoms with van der Waals surface area (Å²) in [7, 11) is 1.60. The maximum absolute atomic E-state index is 12.7. The summed E-state index contributed by atoms with van der Waals surface area (Å²) in [6, 6.07) is 4.71. The number of rotatable bonds is 2. The zero-order valence-electron chi connectivity index (χ0n) is 8.87. The van der Waals surface area contributed by atoms with Gasteiger partial charge < -0.3 is 0 Å². The minimum atomic E-state index is -2.63. The molecule has 0 fully saturated rings. The van der Waals surface area contributed by atoms with Gasteiger partial charge in [-0.3, -0.25) is 9.48 Å². The van der Waals surface area contributed by atoms with E-state index < -0.39 is 6.43 Å². The van der Waals surface area contributed by atoms with E-state index in [0.29, 0.717) is 16.5 Å². The highest BCUT2D eigenvalue weighted by Crippen LogP contribution is 2.27. The second-order valence-electron chi connectivity index (χ2n) is 3.60. The lowest BCUT2D eigenvalue weighted by molar-refractivity contribution is 0.101. The minimum absolute atomic E-state index is 0.147. The molecule has 1 aromatic carbocycles. The molecule has 2 rings (SSSR count). The van der Waals surface area contributed by atoms with Gasteiger partial charge in [0.2, 0.25) is 0 Å². The van der Waals surface area contributed by atoms with E-state index in [0.717, 1.165) is 0 Å². The largest absolute Gasteiger partial charge is 0.295 e. The quantitative estimate of drug-likeness (QED) is 0.735. The molecule has 1 aromatic heterocycles. The van der Waals surface area contributed by atoms with Crippen LogP contribution in [-0.2, 0) is 7.05 Å². The molecule has 0 aliphatic heterocycles. The van der Waals surface area contributed by atoms with Crippen molar-refractivity contribution in [2.75, 3.05) is 0 Å². The molecule has 0 amide bonds. The maximum Gasteiger partial charge on any atom is 0.282 e. The Morgan fingerprint density at radius 3 is 2.69 bits per heavy atom. The van der Waals surface area contributed by atoms with Crippen molar-refractivity contribution in [3.63, 3.8) is 0 Å². The normalized spacial score (nSPS) is 11.3. The summed E-state index contributed by atoms with van der Waals surface area (Å²) in [5, 5.41) is 4.08. The number of ketones is 1. The van der Waals surface area contributed by atoms with Crippen LogP contribution in [0.15, 0.2) is 18.2 Å². The first kappa shape index (κ1) is 10.7. The SMILES string of the molecule is CC(=O)c1ccc2c(c1)c(C(F)F)nn2C. The summed E-state index contributed by atoms with van der Waals surface area (Å²) < 4.78 is 26.8. The molecule has 0 radical (unpaired) electrons. The van der Waals surface area contributed by atoms with Crippen molar-refractivity contribution < 1.29 is 13.6 Å². The number of halogens is 2. The molecule has 16 heavy (non-hydrogen) atoms. The van der Waals surface area contributed by atoms with Gasteiger partial charge in [0.25, 0.3) is 6.43 Å². The van der Waals surface area contributed by atoms with Crippen LogP contribution < -0.4 is 0 Å². The molecule has 0 N–H and O–H groups in total. The molecular weight excluding hydrogens is 214 g/mol. The van der Waals surface area contributed by atoms with Crippen molar-refractivity contribution in [3.8, 4) is 0 Å². The third kappa shape index (κ3) is 1.58. The Morgan fingerprint density at radius 2 is 2.12 bits per heavy atom. The second kappa shape index (κ2) is 3.66. The summed E-state index contributed by atoms with van der Waals surface area (Å²) in [6.07, 6.45) is -2.63. The fourth-order valence-corrected chi connectivity index (χ4v) is 1.67. The zero-order chi connectivity index (χ0) is 11.9. The lowest BCUT2D eigenvalue weighted by atomic mass is 10.1. The van der Waals surface area contributed by atoms with Crippen LogP contribution in [-0.4, -0.2) is 15.6 Å². The van der Waals surface area contributed by atoms with E-state index in [1.165, 1.54) is 17.7 Å². The highest BCUT2D eigenvalue weighted by Gasteiger charge is 2.17. The standard InChI is InChI=1S/C11H10F2N2O/c1-6(16)7-3-4-9-8(5-7)10(11(12)13)14-15(9)2/h3-5,11H,1-2H3. The van der Waals surface area contributed by atoms with E-state index in [2.05, 4.69) is 5.10 Å². The molecule has 0 saturated heterocycles. The molecule has 0 unspecified atom stereocenters. The number of nitrogens with zero attached hydrogens (tertiary/aromatic N) is 2. The minimum Gasteiger partial charge on any atom is -0.295 e. The van der Waals surface area contributed by atoms with Crippen LogP contribution in [0.25, 0.3) is 10.9 Å². The molecule has 0 atom stereocenters. The van der Waals surface area contributed by atoms with Crippen LogP contribution >= 0.6 is 0 Å². The van der Waals surface area contributed by atoms with Crippen LogP contribution in [0.5, 0.6) is 0 Å². The number of aryl methyl sites for hydroxylation is 1. The maximum atomic E-state index is 12.7. The Hall–Kier alpha value is -1.78. The second-order valence-corrected chi connectivity index (χ2v) is 3.60. The predicted octanol–water partition coefficient (Wildman–Crippen LogP) is 2.71. The van der Waals surface area contributed by atoms with Gasteiger partial charge in [-0.05, 0) is 25.1 Å². The summed E-state index contributed by atoms with van der Waals surface area (Å²) in [6.45, 7) is 1.40. The smallest absolute Gasteiger partial charge is 0.282 e. The summed E-state index contributed by atoms with van der Waals surface area (Å²) in [4.78, 5) is 11.2. The van der Waals surface area contributed by atoms with Crippen LogP contribution in [0, 0.1) is 0 Å². The molecule has 3 nitrogen and oxygen atoms in total. The van der Waals surface area contributed by atoms with Gasteiger partial charge in [-0.1, -0.05) is 0 Å². The number of Topliss-reactive ketones (excluding diaryl/α,β-unsaturated/α-hetero) is 1. The third-order valence-corrected chi connectivity index (χ3v) is 2.49. The Kier molecular flexibility index (Phi) is 2.46. The number of hydrogen-bond donors (Lipinski definition) is 0. The van der Waals surface area contributed by atoms with E-state index in [4.69, 9.17) is 0 Å². The molecule has 0 bridgehead atoms. The Morgan fingerprint density at radius 1 is 1.44 bits per heavy atom. The first-order chi connectivity index (χ1) is 7.50. The molecule has 0 spiro atoms. The van der Waals surface area contributed by atoms with Crippen molar-refractivity contribution in [3.05, 3.63) is 29.5 Å². The van der Waals surface area contributed by atoms with Gasteiger partial charge in [-0.15, -0.1) is 0 Å². The number of fused-ring (bicyclic) bond motifs is 1. The Bertz CT molecular complexity index is 560. The van der Waals surface area contributed by atoms with E-state index in [-0.39, 0.29) is 11.5 Å². The topological polar surface area (TPSA) is 34.9 Å². The summed E-state index contributed by atoms with van der Waals surface area (Å²) >= 11 is 0. The molecular formula is C11H10F2N2O. The van der Waals surface area contributed by atoms with E-state index in [9.17, 15) is 13.6 Å². The first-order valence-electron chi connectivity index (χ1n) is 4.76. The highest BCUT2D eigenvalue weighted by molar-refractivity contribution is 5.98. The van der Waals surface area contributed by atoms with Gasteiger partial charge in [0.05, 0.1) is 5.52 Å². The van der Waals surface area contributed by atoms with E-state index >= 15 is 0 Å². The van der Waals surface area contributed by atoms with Crippen LogP contribution in [0.4, 0.5) is 8.78 Å². The molecule has 1 heterocycles. The van der Waals surface area contributed by atoms with Gasteiger partial charge in [-0.2, -0.15) is 5.10 Å². The summed E-state index contributed by atoms with van der Waals surface area (Å²) in [5.74, 6) is -0.147. The number of alkyl halides is 2. The van der Waals surface area contributed by atoms with Crippen molar-refractivity contribution >= 4 is 16.7 Å². The molecule has 2 aromatic rings. The number of benzene rings is 1. The average molecular weight is 224 g/mol. The van der Waals surface area contributed by atoms with Crippen LogP contribution in [0.1, 0.15) is 29.4 Å². The van der Waals surface area contributed by atoms with Gasteiger partial charge in [0, 0.05) is 18.0 Å². The number of carbonyl (C=O) groups is 1. The fraction of sp³-hybridized carbons (Fsp3) is 0.273. The lowest BCUT2D eigenvalue weighted by Gasteiger charge is -1.98. The fourth-order valence-electron chi connectivity index (χ4n) is 1.67. The van der Waals surface area contributed by atoms with Crippen LogP contribution in [0.2, 0.25) is 0 Å². The van der Waals surface area contributed by atoms with Gasteiger partial charge in [0.1, 0.15) is 5.69 Å². The Balaban J connectivity index is 2.74. The third-order valence-electron chi connectivity index (χ3n) is 2.49. The van der Waals surface area contributed by atoms with Gasteiger partial charge >= 0.3 is 0 Å². The van der Waals surface area contributed by atoms with Crippen molar-refractivity contribution in [2.45, 2.75) is 13.3 Å². The van der Waals surface area contributed by atoms with Crippen molar-refractivity contribution in [2.24, 2.45) is 7.05 Å². The van der Waals surface area contributed by atoms with Crippen molar-refractivity contribution in [1.82, 2.24) is 9.78 Å². The van der Waals surface area contributed by atoms with Crippen LogP contribution in [0.3, 0.4) is 0 Å². The van der Waals surface area contributed by atoms with E-state index in [1.54, 1.807) is 19.2 Å². The molecule has 0 aliphatic carbocycles. The first-order valence-corrected chi connectivity index (χ1v) is 4.76. The Labute approximate surface area is 90.7 Å². The zero-order valence-corrected chi connectivity index (χ0v) is 8.87. The van der Waals surface area contributed by atoms with Gasteiger partial charge in [0.15, 0.2) is 5.78 Å². The van der Waals surface area contributed by atoms with Crippen molar-refractivity contribution in [1.29, 1.82) is 0 Å². The molecule has 0 aliphatic rings. The average Bonchev–Trinajstić information content (AvgIpc) is 2.56. The monoisotopic (exact) mass is 224 g/mol. The molecule has 5 heteroatoms. The molecule has 0 saturated carbocycles. The van der Waals surface area contributed by atoms with Gasteiger partial charge in [-0.25, -0.2) is 8.78 Å². The predicted molar refractivity (Wildman–Crippen MR) is 55.7 cm³/mol. The lowest BCUT2D eigenvalue weighted by Crippen LogP contribution is -1.92. The number of carbonyl (C=O) groups excluding carboxylic acids is 1.